The molecule has 2 heterocycles. The van der Waals surface area contributed by atoms with Crippen LogP contribution in [0.3, 0.4) is 0 Å². The highest BCUT2D eigenvalue weighted by atomic mass is 32.1. The molecule has 3 aromatic rings. The third kappa shape index (κ3) is 3.38. The van der Waals surface area contributed by atoms with E-state index in [4.69, 9.17) is 14.5 Å². The molecule has 0 amide bonds. The van der Waals surface area contributed by atoms with Gasteiger partial charge >= 0.3 is 0 Å². The van der Waals surface area contributed by atoms with Gasteiger partial charge in [0, 0.05) is 10.9 Å². The van der Waals surface area contributed by atoms with Crippen molar-refractivity contribution in [2.75, 3.05) is 38.4 Å². The maximum atomic E-state index is 5.54. The number of methoxy groups -OCH3 is 1. The first-order chi connectivity index (χ1) is 12.9. The maximum Gasteiger partial charge on any atom is 0.209 e. The molecular formula is C20H21N3O2S. The van der Waals surface area contributed by atoms with Gasteiger partial charge in [0.1, 0.15) is 11.4 Å². The molecule has 4 rings (SSSR count). The Hall–Kier alpha value is -2.57. The fourth-order valence-corrected chi connectivity index (χ4v) is 3.95. The zero-order chi connectivity index (χ0) is 17.8. The fraction of sp³-hybridized carbons (Fsp3) is 0.250. The summed E-state index contributed by atoms with van der Waals surface area (Å²) in [6.45, 7) is 3.14. The van der Waals surface area contributed by atoms with Crippen LogP contribution in [-0.4, -0.2) is 38.1 Å². The zero-order valence-electron chi connectivity index (χ0n) is 14.7. The summed E-state index contributed by atoms with van der Waals surface area (Å²) in [6, 6.07) is 18.3. The van der Waals surface area contributed by atoms with Crippen molar-refractivity contribution in [1.82, 2.24) is 4.68 Å². The molecule has 0 radical (unpaired) electrons. The van der Waals surface area contributed by atoms with Crippen LogP contribution in [-0.2, 0) is 4.74 Å². The summed E-state index contributed by atoms with van der Waals surface area (Å²) in [7, 11) is 1.67. The van der Waals surface area contributed by atoms with Gasteiger partial charge in [-0.1, -0.05) is 42.5 Å². The van der Waals surface area contributed by atoms with Crippen LogP contribution in [0.5, 0.6) is 5.75 Å². The fourth-order valence-electron chi connectivity index (χ4n) is 3.04. The van der Waals surface area contributed by atoms with Crippen LogP contribution in [0.15, 0.2) is 65.0 Å². The number of hydrogen-bond acceptors (Lipinski definition) is 5. The number of hydrogen-bond donors (Lipinski definition) is 0. The van der Waals surface area contributed by atoms with Crippen LogP contribution < -0.4 is 14.5 Å². The molecular weight excluding hydrogens is 346 g/mol. The number of morpholine rings is 1. The lowest BCUT2D eigenvalue weighted by molar-refractivity contribution is 0.111. The Morgan fingerprint density at radius 2 is 1.73 bits per heavy atom. The first kappa shape index (κ1) is 16.9. The van der Waals surface area contributed by atoms with Crippen LogP contribution in [0.1, 0.15) is 0 Å². The monoisotopic (exact) mass is 367 g/mol. The van der Waals surface area contributed by atoms with Gasteiger partial charge in [-0.3, -0.25) is 0 Å². The smallest absolute Gasteiger partial charge is 0.209 e. The number of thiazole rings is 1. The Balaban J connectivity index is 1.87. The van der Waals surface area contributed by atoms with Gasteiger partial charge in [-0.2, -0.15) is 0 Å². The highest BCUT2D eigenvalue weighted by molar-refractivity contribution is 7.07. The van der Waals surface area contributed by atoms with E-state index in [1.807, 2.05) is 30.3 Å². The third-order valence-corrected chi connectivity index (χ3v) is 5.14. The van der Waals surface area contributed by atoms with Crippen LogP contribution in [0.25, 0.3) is 11.3 Å². The van der Waals surface area contributed by atoms with Crippen molar-refractivity contribution < 1.29 is 9.47 Å². The first-order valence-electron chi connectivity index (χ1n) is 8.63. The van der Waals surface area contributed by atoms with Crippen LogP contribution in [0.4, 0.5) is 5.69 Å². The molecule has 0 atom stereocenters. The number of nitrogens with zero attached hydrogens (tertiary/aromatic N) is 3. The SMILES string of the molecule is COc1ccccc1N=c1scc(-c2ccccc2)n1N1CCOCC1. The molecule has 2 aromatic carbocycles. The Morgan fingerprint density at radius 1 is 1.00 bits per heavy atom. The average Bonchev–Trinajstić information content (AvgIpc) is 3.13. The molecule has 1 aromatic heterocycles. The van der Waals surface area contributed by atoms with E-state index in [0.29, 0.717) is 0 Å². The molecule has 1 aliphatic heterocycles. The summed E-state index contributed by atoms with van der Waals surface area (Å²) in [4.78, 5) is 5.83. The van der Waals surface area contributed by atoms with Crippen molar-refractivity contribution in [3.05, 3.63) is 64.8 Å². The molecule has 6 heteroatoms. The molecule has 1 aliphatic rings. The Morgan fingerprint density at radius 3 is 2.50 bits per heavy atom. The number of ether oxygens (including phenoxy) is 2. The predicted octanol–water partition coefficient (Wildman–Crippen LogP) is 3.43. The van der Waals surface area contributed by atoms with Crippen molar-refractivity contribution in [2.24, 2.45) is 4.99 Å². The maximum absolute atomic E-state index is 5.54. The van der Waals surface area contributed by atoms with Crippen molar-refractivity contribution >= 4 is 17.0 Å². The summed E-state index contributed by atoms with van der Waals surface area (Å²) in [5, 5.41) is 4.47. The van der Waals surface area contributed by atoms with Gasteiger partial charge < -0.3 is 14.5 Å². The average molecular weight is 367 g/mol. The number of rotatable bonds is 4. The zero-order valence-corrected chi connectivity index (χ0v) is 15.5. The Bertz CT molecular complexity index is 927. The molecule has 134 valence electrons. The van der Waals surface area contributed by atoms with Gasteiger partial charge in [0.15, 0.2) is 0 Å². The van der Waals surface area contributed by atoms with E-state index in [1.165, 1.54) is 5.56 Å². The van der Waals surface area contributed by atoms with E-state index in [0.717, 1.165) is 48.2 Å². The van der Waals surface area contributed by atoms with E-state index in [2.05, 4.69) is 39.3 Å². The minimum Gasteiger partial charge on any atom is -0.494 e. The van der Waals surface area contributed by atoms with E-state index < -0.39 is 0 Å². The molecule has 1 fully saturated rings. The summed E-state index contributed by atoms with van der Waals surface area (Å²) in [5.41, 5.74) is 3.15. The van der Waals surface area contributed by atoms with Crippen LogP contribution >= 0.6 is 11.3 Å². The minimum absolute atomic E-state index is 0.727. The van der Waals surface area contributed by atoms with Gasteiger partial charge in [-0.25, -0.2) is 9.67 Å². The van der Waals surface area contributed by atoms with E-state index in [1.54, 1.807) is 18.4 Å². The number of aromatic nitrogens is 1. The number of para-hydroxylation sites is 2. The largest absolute Gasteiger partial charge is 0.494 e. The minimum atomic E-state index is 0.727. The third-order valence-electron chi connectivity index (χ3n) is 4.33. The van der Waals surface area contributed by atoms with Gasteiger partial charge in [-0.05, 0) is 12.1 Å². The van der Waals surface area contributed by atoms with Gasteiger partial charge in [0.25, 0.3) is 0 Å². The van der Waals surface area contributed by atoms with Crippen LogP contribution in [0.2, 0.25) is 0 Å². The molecule has 0 spiro atoms. The lowest BCUT2D eigenvalue weighted by atomic mass is 10.2. The van der Waals surface area contributed by atoms with Crippen molar-refractivity contribution in [2.45, 2.75) is 0 Å². The summed E-state index contributed by atoms with van der Waals surface area (Å²) >= 11 is 1.64. The molecule has 5 nitrogen and oxygen atoms in total. The molecule has 26 heavy (non-hydrogen) atoms. The Kier molecular flexibility index (Phi) is 5.04. The molecule has 1 saturated heterocycles. The van der Waals surface area contributed by atoms with Crippen molar-refractivity contribution in [1.29, 1.82) is 0 Å². The molecule has 0 saturated carbocycles. The van der Waals surface area contributed by atoms with E-state index >= 15 is 0 Å². The van der Waals surface area contributed by atoms with Gasteiger partial charge in [0.2, 0.25) is 4.80 Å². The summed E-state index contributed by atoms with van der Waals surface area (Å²) in [6.07, 6.45) is 0. The second-order valence-corrected chi connectivity index (χ2v) is 6.77. The van der Waals surface area contributed by atoms with E-state index in [-0.39, 0.29) is 0 Å². The normalized spacial score (nSPS) is 15.3. The standard InChI is InChI=1S/C20H21N3O2S/c1-24-19-10-6-5-9-17(19)21-20-23(22-11-13-25-14-12-22)18(15-26-20)16-7-3-2-4-8-16/h2-10,15H,11-14H2,1H3. The second-order valence-electron chi connectivity index (χ2n) is 5.93. The lowest BCUT2D eigenvalue weighted by Crippen LogP contribution is -2.48. The van der Waals surface area contributed by atoms with Gasteiger partial charge in [-0.15, -0.1) is 11.3 Å². The van der Waals surface area contributed by atoms with E-state index in [9.17, 15) is 0 Å². The van der Waals surface area contributed by atoms with Crippen molar-refractivity contribution in [3.63, 3.8) is 0 Å². The second kappa shape index (κ2) is 7.76. The quantitative estimate of drug-likeness (QED) is 0.709. The lowest BCUT2D eigenvalue weighted by Gasteiger charge is -2.31. The molecule has 0 bridgehead atoms. The molecule has 0 unspecified atom stereocenters. The van der Waals surface area contributed by atoms with Gasteiger partial charge in [0.05, 0.1) is 39.1 Å². The molecule has 0 aliphatic carbocycles. The Labute approximate surface area is 156 Å². The number of benzene rings is 2. The predicted molar refractivity (Wildman–Crippen MR) is 105 cm³/mol. The molecule has 0 N–H and O–H groups in total. The topological polar surface area (TPSA) is 39.0 Å². The summed E-state index contributed by atoms with van der Waals surface area (Å²) in [5.74, 6) is 0.774. The highest BCUT2D eigenvalue weighted by Gasteiger charge is 2.17. The van der Waals surface area contributed by atoms with Crippen molar-refractivity contribution in [3.8, 4) is 17.0 Å². The first-order valence-corrected chi connectivity index (χ1v) is 9.51. The highest BCUT2D eigenvalue weighted by Crippen LogP contribution is 2.27. The summed E-state index contributed by atoms with van der Waals surface area (Å²) < 4.78 is 13.2. The van der Waals surface area contributed by atoms with Crippen LogP contribution in [0, 0.1) is 0 Å².